The maximum absolute atomic E-state index is 11.8. The van der Waals surface area contributed by atoms with Gasteiger partial charge in [-0.3, -0.25) is 14.4 Å². The van der Waals surface area contributed by atoms with E-state index in [0.717, 1.165) is 0 Å². The van der Waals surface area contributed by atoms with Crippen LogP contribution in [0.3, 0.4) is 0 Å². The van der Waals surface area contributed by atoms with Crippen molar-refractivity contribution >= 4 is 17.8 Å². The summed E-state index contributed by atoms with van der Waals surface area (Å²) in [6, 6.07) is 0. The van der Waals surface area contributed by atoms with E-state index in [-0.39, 0.29) is 12.5 Å². The molecular formula is C11H18N2O5. The van der Waals surface area contributed by atoms with Gasteiger partial charge in [0.05, 0.1) is 18.4 Å². The Bertz CT molecular complexity index is 357. The van der Waals surface area contributed by atoms with Gasteiger partial charge in [0.1, 0.15) is 6.10 Å². The number of primary amides is 1. The molecule has 0 aromatic heterocycles. The van der Waals surface area contributed by atoms with Gasteiger partial charge in [-0.2, -0.15) is 0 Å². The minimum atomic E-state index is -1.45. The highest BCUT2D eigenvalue weighted by molar-refractivity contribution is 5.86. The van der Waals surface area contributed by atoms with Gasteiger partial charge in [0.25, 0.3) is 0 Å². The first kappa shape index (κ1) is 14.4. The molecule has 102 valence electrons. The minimum absolute atomic E-state index is 0.169. The minimum Gasteiger partial charge on any atom is -0.481 e. The maximum Gasteiger partial charge on any atom is 0.307 e. The lowest BCUT2D eigenvalue weighted by atomic mass is 9.95. The lowest BCUT2D eigenvalue weighted by Gasteiger charge is -2.16. The molecule has 7 heteroatoms. The molecule has 1 aliphatic rings. The van der Waals surface area contributed by atoms with Crippen molar-refractivity contribution in [1.82, 2.24) is 5.32 Å². The summed E-state index contributed by atoms with van der Waals surface area (Å²) in [5.74, 6) is -3.52. The van der Waals surface area contributed by atoms with Crippen LogP contribution in [0.25, 0.3) is 0 Å². The molecule has 0 radical (unpaired) electrons. The fourth-order valence-corrected chi connectivity index (χ4v) is 2.28. The highest BCUT2D eigenvalue weighted by atomic mass is 16.4. The Hall–Kier alpha value is -1.63. The SMILES string of the molecule is CC1C[C@H](C(=O)NCC(O)C(N)=O)[C@H](C(=O)O)C1. The highest BCUT2D eigenvalue weighted by Crippen LogP contribution is 2.36. The van der Waals surface area contributed by atoms with Crippen molar-refractivity contribution in [3.63, 3.8) is 0 Å². The Balaban J connectivity index is 2.55. The second-order valence-electron chi connectivity index (χ2n) is 4.79. The molecule has 18 heavy (non-hydrogen) atoms. The van der Waals surface area contributed by atoms with Crippen LogP contribution < -0.4 is 11.1 Å². The normalized spacial score (nSPS) is 28.7. The van der Waals surface area contributed by atoms with E-state index in [1.54, 1.807) is 0 Å². The summed E-state index contributed by atoms with van der Waals surface area (Å²) in [5, 5.41) is 20.5. The molecule has 0 saturated heterocycles. The number of carboxylic acid groups (broad SMARTS) is 1. The van der Waals surface area contributed by atoms with Gasteiger partial charge in [-0.05, 0) is 18.8 Å². The van der Waals surface area contributed by atoms with Crippen LogP contribution in [0.4, 0.5) is 0 Å². The quantitative estimate of drug-likeness (QED) is 0.486. The Kier molecular flexibility index (Phi) is 4.66. The smallest absolute Gasteiger partial charge is 0.307 e. The van der Waals surface area contributed by atoms with Gasteiger partial charge in [-0.25, -0.2) is 0 Å². The summed E-state index contributed by atoms with van der Waals surface area (Å²) in [6.07, 6.45) is -0.489. The molecular weight excluding hydrogens is 240 g/mol. The third-order valence-electron chi connectivity index (χ3n) is 3.25. The molecule has 1 saturated carbocycles. The first-order chi connectivity index (χ1) is 8.32. The van der Waals surface area contributed by atoms with Gasteiger partial charge < -0.3 is 21.3 Å². The van der Waals surface area contributed by atoms with Crippen LogP contribution in [0.5, 0.6) is 0 Å². The fourth-order valence-electron chi connectivity index (χ4n) is 2.28. The standard InChI is InChI=1S/C11H18N2O5/c1-5-2-6(7(3-5)11(17)18)10(16)13-4-8(14)9(12)15/h5-8,14H,2-4H2,1H3,(H2,12,15)(H,13,16)(H,17,18)/t5?,6-,7+,8?/m0/s1. The van der Waals surface area contributed by atoms with E-state index in [9.17, 15) is 14.4 Å². The number of rotatable bonds is 5. The number of aliphatic hydroxyl groups is 1. The van der Waals surface area contributed by atoms with E-state index in [0.29, 0.717) is 12.8 Å². The van der Waals surface area contributed by atoms with Crippen LogP contribution in [0.2, 0.25) is 0 Å². The molecule has 0 aromatic carbocycles. The number of hydrogen-bond acceptors (Lipinski definition) is 4. The molecule has 2 amide bonds. The molecule has 0 aromatic rings. The first-order valence-corrected chi connectivity index (χ1v) is 5.80. The first-order valence-electron chi connectivity index (χ1n) is 5.80. The number of nitrogens with one attached hydrogen (secondary N) is 1. The number of aliphatic carboxylic acids is 1. The van der Waals surface area contributed by atoms with Crippen molar-refractivity contribution in [1.29, 1.82) is 0 Å². The van der Waals surface area contributed by atoms with Gasteiger partial charge in [0.2, 0.25) is 11.8 Å². The Labute approximate surface area is 104 Å². The zero-order chi connectivity index (χ0) is 13.9. The number of hydrogen-bond donors (Lipinski definition) is 4. The second-order valence-corrected chi connectivity index (χ2v) is 4.79. The Morgan fingerprint density at radius 2 is 1.89 bits per heavy atom. The topological polar surface area (TPSA) is 130 Å². The van der Waals surface area contributed by atoms with E-state index in [1.807, 2.05) is 6.92 Å². The zero-order valence-corrected chi connectivity index (χ0v) is 10.1. The van der Waals surface area contributed by atoms with E-state index in [4.69, 9.17) is 15.9 Å². The molecule has 0 heterocycles. The molecule has 7 nitrogen and oxygen atoms in total. The largest absolute Gasteiger partial charge is 0.481 e. The lowest BCUT2D eigenvalue weighted by molar-refractivity contribution is -0.146. The molecule has 5 N–H and O–H groups in total. The van der Waals surface area contributed by atoms with E-state index in [1.165, 1.54) is 0 Å². The molecule has 2 unspecified atom stereocenters. The summed E-state index contributed by atoms with van der Waals surface area (Å²) in [7, 11) is 0. The van der Waals surface area contributed by atoms with Gasteiger partial charge in [0.15, 0.2) is 0 Å². The summed E-state index contributed by atoms with van der Waals surface area (Å²) in [4.78, 5) is 33.4. The van der Waals surface area contributed by atoms with Crippen molar-refractivity contribution in [3.05, 3.63) is 0 Å². The predicted molar refractivity (Wildman–Crippen MR) is 61.2 cm³/mol. The highest BCUT2D eigenvalue weighted by Gasteiger charge is 2.41. The predicted octanol–water partition coefficient (Wildman–Crippen LogP) is -1.30. The zero-order valence-electron chi connectivity index (χ0n) is 10.1. The molecule has 4 atom stereocenters. The monoisotopic (exact) mass is 258 g/mol. The maximum atomic E-state index is 11.8. The number of carboxylic acids is 1. The molecule has 1 aliphatic carbocycles. The molecule has 0 aliphatic heterocycles. The summed E-state index contributed by atoms with van der Waals surface area (Å²) >= 11 is 0. The van der Waals surface area contributed by atoms with Crippen molar-refractivity contribution in [2.24, 2.45) is 23.5 Å². The van der Waals surface area contributed by atoms with Crippen LogP contribution in [0.1, 0.15) is 19.8 Å². The summed E-state index contributed by atoms with van der Waals surface area (Å²) in [6.45, 7) is 1.60. The van der Waals surface area contributed by atoms with E-state index in [2.05, 4.69) is 5.32 Å². The van der Waals surface area contributed by atoms with Crippen molar-refractivity contribution < 1.29 is 24.6 Å². The van der Waals surface area contributed by atoms with E-state index < -0.39 is 35.7 Å². The van der Waals surface area contributed by atoms with Gasteiger partial charge in [-0.1, -0.05) is 6.92 Å². The average molecular weight is 258 g/mol. The van der Waals surface area contributed by atoms with Crippen LogP contribution in [0.15, 0.2) is 0 Å². The molecule has 1 fully saturated rings. The van der Waals surface area contributed by atoms with Gasteiger partial charge in [0, 0.05) is 0 Å². The number of nitrogens with two attached hydrogens (primary N) is 1. The Morgan fingerprint density at radius 3 is 2.39 bits per heavy atom. The third kappa shape index (κ3) is 3.43. The van der Waals surface area contributed by atoms with Gasteiger partial charge >= 0.3 is 5.97 Å². The summed E-state index contributed by atoms with van der Waals surface area (Å²) in [5.41, 5.74) is 4.84. The van der Waals surface area contributed by atoms with Crippen molar-refractivity contribution in [2.75, 3.05) is 6.54 Å². The van der Waals surface area contributed by atoms with Crippen molar-refractivity contribution in [2.45, 2.75) is 25.9 Å². The lowest BCUT2D eigenvalue weighted by Crippen LogP contribution is -2.43. The number of amides is 2. The van der Waals surface area contributed by atoms with Crippen molar-refractivity contribution in [3.8, 4) is 0 Å². The molecule has 1 rings (SSSR count). The third-order valence-corrected chi connectivity index (χ3v) is 3.25. The van der Waals surface area contributed by atoms with Crippen LogP contribution in [-0.2, 0) is 14.4 Å². The average Bonchev–Trinajstić information content (AvgIpc) is 2.67. The molecule has 0 bridgehead atoms. The van der Waals surface area contributed by atoms with E-state index >= 15 is 0 Å². The van der Waals surface area contributed by atoms with Gasteiger partial charge in [-0.15, -0.1) is 0 Å². The number of carbonyl (C=O) groups is 3. The summed E-state index contributed by atoms with van der Waals surface area (Å²) < 4.78 is 0. The molecule has 0 spiro atoms. The van der Waals surface area contributed by atoms with Crippen LogP contribution in [-0.4, -0.2) is 40.6 Å². The second kappa shape index (κ2) is 5.81. The number of carbonyl (C=O) groups excluding carboxylic acids is 2. The van der Waals surface area contributed by atoms with Crippen LogP contribution >= 0.6 is 0 Å². The fraction of sp³-hybridized carbons (Fsp3) is 0.727. The number of aliphatic hydroxyl groups excluding tert-OH is 1. The van der Waals surface area contributed by atoms with Crippen LogP contribution in [0, 0.1) is 17.8 Å². The Morgan fingerprint density at radius 1 is 1.33 bits per heavy atom.